The van der Waals surface area contributed by atoms with Gasteiger partial charge in [0.2, 0.25) is 11.6 Å². The van der Waals surface area contributed by atoms with Crippen molar-refractivity contribution < 1.29 is 28.3 Å². The Morgan fingerprint density at radius 1 is 0.935 bits per heavy atom. The van der Waals surface area contributed by atoms with E-state index in [0.29, 0.717) is 39.8 Å². The lowest BCUT2D eigenvalue weighted by molar-refractivity contribution is -0.129. The lowest BCUT2D eigenvalue weighted by Crippen LogP contribution is -2.07. The molecule has 2 aromatic carbocycles. The average molecular weight is 420 g/mol. The highest BCUT2D eigenvalue weighted by Crippen LogP contribution is 2.41. The van der Waals surface area contributed by atoms with Gasteiger partial charge in [-0.2, -0.15) is 0 Å². The number of aryl methyl sites for hydroxylation is 1. The number of ether oxygens (including phenoxy) is 4. The fourth-order valence-corrected chi connectivity index (χ4v) is 3.32. The number of benzene rings is 2. The summed E-state index contributed by atoms with van der Waals surface area (Å²) < 4.78 is 27.0. The van der Waals surface area contributed by atoms with Gasteiger partial charge in [0.1, 0.15) is 17.0 Å². The SMILES string of the molecule is COc1ccc(/C=C2\N=C(c3c(-c4ccccc4)noc3C)OC2=O)c(OC)c1OC. The molecule has 158 valence electrons. The van der Waals surface area contributed by atoms with Crippen molar-refractivity contribution in [1.82, 2.24) is 5.16 Å². The van der Waals surface area contributed by atoms with Gasteiger partial charge in [-0.25, -0.2) is 9.79 Å². The van der Waals surface area contributed by atoms with Crippen LogP contribution in [0.1, 0.15) is 16.9 Å². The van der Waals surface area contributed by atoms with Crippen molar-refractivity contribution in [1.29, 1.82) is 0 Å². The van der Waals surface area contributed by atoms with E-state index in [2.05, 4.69) is 10.1 Å². The molecule has 0 saturated carbocycles. The molecular weight excluding hydrogens is 400 g/mol. The molecule has 4 rings (SSSR count). The molecule has 1 aliphatic heterocycles. The molecule has 8 nitrogen and oxygen atoms in total. The summed E-state index contributed by atoms with van der Waals surface area (Å²) in [6, 6.07) is 12.9. The van der Waals surface area contributed by atoms with Crippen molar-refractivity contribution in [2.75, 3.05) is 21.3 Å². The van der Waals surface area contributed by atoms with Gasteiger partial charge >= 0.3 is 5.97 Å². The summed E-state index contributed by atoms with van der Waals surface area (Å²) in [4.78, 5) is 17.0. The highest BCUT2D eigenvalue weighted by atomic mass is 16.6. The van der Waals surface area contributed by atoms with E-state index in [1.54, 1.807) is 25.1 Å². The number of methoxy groups -OCH3 is 3. The number of aliphatic imine (C=N–C) groups is 1. The zero-order valence-electron chi connectivity index (χ0n) is 17.5. The minimum atomic E-state index is -0.591. The Hall–Kier alpha value is -4.07. The Morgan fingerprint density at radius 2 is 1.68 bits per heavy atom. The summed E-state index contributed by atoms with van der Waals surface area (Å²) in [6.45, 7) is 1.74. The maximum absolute atomic E-state index is 12.6. The molecule has 1 aliphatic rings. The van der Waals surface area contributed by atoms with Crippen LogP contribution in [0.2, 0.25) is 0 Å². The molecule has 0 saturated heterocycles. The third-order valence-electron chi connectivity index (χ3n) is 4.77. The normalized spacial score (nSPS) is 14.4. The quantitative estimate of drug-likeness (QED) is 0.439. The Bertz CT molecular complexity index is 1190. The van der Waals surface area contributed by atoms with Crippen molar-refractivity contribution in [3.63, 3.8) is 0 Å². The number of rotatable bonds is 6. The van der Waals surface area contributed by atoms with E-state index in [1.165, 1.54) is 21.3 Å². The third kappa shape index (κ3) is 3.63. The van der Waals surface area contributed by atoms with Gasteiger partial charge in [0.15, 0.2) is 17.2 Å². The first-order chi connectivity index (χ1) is 15.1. The summed E-state index contributed by atoms with van der Waals surface area (Å²) in [6.07, 6.45) is 1.57. The van der Waals surface area contributed by atoms with Gasteiger partial charge < -0.3 is 23.5 Å². The molecule has 0 atom stereocenters. The third-order valence-corrected chi connectivity index (χ3v) is 4.77. The van der Waals surface area contributed by atoms with Crippen LogP contribution in [0.25, 0.3) is 17.3 Å². The Kier molecular flexibility index (Phi) is 5.44. The Morgan fingerprint density at radius 3 is 2.35 bits per heavy atom. The second-order valence-electron chi connectivity index (χ2n) is 6.59. The van der Waals surface area contributed by atoms with E-state index in [4.69, 9.17) is 23.5 Å². The number of cyclic esters (lactones) is 1. The van der Waals surface area contributed by atoms with Crippen LogP contribution in [0.5, 0.6) is 17.2 Å². The second kappa shape index (κ2) is 8.35. The van der Waals surface area contributed by atoms with Crippen LogP contribution < -0.4 is 14.2 Å². The van der Waals surface area contributed by atoms with E-state index < -0.39 is 5.97 Å². The molecule has 3 aromatic rings. The van der Waals surface area contributed by atoms with Crippen LogP contribution in [0.3, 0.4) is 0 Å². The predicted molar refractivity (Wildman–Crippen MR) is 113 cm³/mol. The molecule has 2 heterocycles. The zero-order chi connectivity index (χ0) is 22.0. The number of hydrogen-bond donors (Lipinski definition) is 0. The van der Waals surface area contributed by atoms with Crippen molar-refractivity contribution in [3.8, 4) is 28.5 Å². The summed E-state index contributed by atoms with van der Waals surface area (Å²) in [5, 5.41) is 4.12. The van der Waals surface area contributed by atoms with Crippen molar-refractivity contribution in [2.24, 2.45) is 4.99 Å². The van der Waals surface area contributed by atoms with E-state index >= 15 is 0 Å². The van der Waals surface area contributed by atoms with Gasteiger partial charge in [-0.05, 0) is 25.1 Å². The highest BCUT2D eigenvalue weighted by molar-refractivity contribution is 6.15. The fraction of sp³-hybridized carbons (Fsp3) is 0.174. The molecule has 8 heteroatoms. The van der Waals surface area contributed by atoms with Crippen LogP contribution in [0.4, 0.5) is 0 Å². The Balaban J connectivity index is 1.78. The summed E-state index contributed by atoms with van der Waals surface area (Å²) in [5.41, 5.74) is 2.60. The molecule has 0 spiro atoms. The first-order valence-corrected chi connectivity index (χ1v) is 9.41. The maximum atomic E-state index is 12.6. The summed E-state index contributed by atoms with van der Waals surface area (Å²) in [5.74, 6) is 1.37. The van der Waals surface area contributed by atoms with E-state index in [1.807, 2.05) is 30.3 Å². The molecular formula is C23H20N2O6. The van der Waals surface area contributed by atoms with E-state index in [0.717, 1.165) is 5.56 Å². The molecule has 0 amide bonds. The van der Waals surface area contributed by atoms with Gasteiger partial charge in [0, 0.05) is 11.1 Å². The molecule has 0 N–H and O–H groups in total. The lowest BCUT2D eigenvalue weighted by Gasteiger charge is -2.14. The topological polar surface area (TPSA) is 92.4 Å². The van der Waals surface area contributed by atoms with Crippen LogP contribution in [0.15, 0.2) is 57.7 Å². The van der Waals surface area contributed by atoms with Gasteiger partial charge in [-0.3, -0.25) is 0 Å². The Labute approximate surface area is 178 Å². The number of carbonyl (C=O) groups excluding carboxylic acids is 1. The first kappa shape index (κ1) is 20.2. The molecule has 0 bridgehead atoms. The number of nitrogens with zero attached hydrogens (tertiary/aromatic N) is 2. The summed E-state index contributed by atoms with van der Waals surface area (Å²) >= 11 is 0. The van der Waals surface area contributed by atoms with Gasteiger partial charge in [0.25, 0.3) is 0 Å². The zero-order valence-corrected chi connectivity index (χ0v) is 17.5. The number of esters is 1. The van der Waals surface area contributed by atoms with Crippen molar-refractivity contribution in [2.45, 2.75) is 6.92 Å². The van der Waals surface area contributed by atoms with Crippen LogP contribution in [0, 0.1) is 6.92 Å². The number of carbonyl (C=O) groups is 1. The highest BCUT2D eigenvalue weighted by Gasteiger charge is 2.30. The van der Waals surface area contributed by atoms with Gasteiger partial charge in [0.05, 0.1) is 21.3 Å². The minimum absolute atomic E-state index is 0.111. The van der Waals surface area contributed by atoms with Crippen molar-refractivity contribution in [3.05, 3.63) is 65.0 Å². The number of hydrogen-bond acceptors (Lipinski definition) is 8. The predicted octanol–water partition coefficient (Wildman–Crippen LogP) is 4.02. The van der Waals surface area contributed by atoms with Gasteiger partial charge in [-0.1, -0.05) is 35.5 Å². The summed E-state index contributed by atoms with van der Waals surface area (Å²) in [7, 11) is 4.55. The standard InChI is InChI=1S/C23H20N2O6/c1-13-18(19(25-31-13)14-8-6-5-7-9-14)22-24-16(23(26)30-22)12-15-10-11-17(27-2)21(29-4)20(15)28-3/h5-12H,1-4H3/b16-12-. The number of aromatic nitrogens is 1. The second-order valence-corrected chi connectivity index (χ2v) is 6.59. The molecule has 31 heavy (non-hydrogen) atoms. The minimum Gasteiger partial charge on any atom is -0.493 e. The maximum Gasteiger partial charge on any atom is 0.363 e. The lowest BCUT2D eigenvalue weighted by atomic mass is 10.1. The van der Waals surface area contributed by atoms with E-state index in [9.17, 15) is 4.79 Å². The van der Waals surface area contributed by atoms with E-state index in [-0.39, 0.29) is 11.6 Å². The molecule has 0 unspecified atom stereocenters. The molecule has 0 fully saturated rings. The average Bonchev–Trinajstić information content (AvgIpc) is 3.35. The van der Waals surface area contributed by atoms with Crippen molar-refractivity contribution >= 4 is 17.9 Å². The molecule has 0 radical (unpaired) electrons. The largest absolute Gasteiger partial charge is 0.493 e. The van der Waals surface area contributed by atoms with Gasteiger partial charge in [-0.15, -0.1) is 0 Å². The molecule has 1 aromatic heterocycles. The first-order valence-electron chi connectivity index (χ1n) is 9.41. The fourth-order valence-electron chi connectivity index (χ4n) is 3.32. The van der Waals surface area contributed by atoms with Crippen LogP contribution in [-0.4, -0.2) is 38.4 Å². The smallest absolute Gasteiger partial charge is 0.363 e. The van der Waals surface area contributed by atoms with Crippen LogP contribution in [-0.2, 0) is 9.53 Å². The molecule has 0 aliphatic carbocycles. The van der Waals surface area contributed by atoms with Crippen LogP contribution >= 0.6 is 0 Å². The monoisotopic (exact) mass is 420 g/mol.